The normalized spacial score (nSPS) is 13.5. The molecule has 8 nitrogen and oxygen atoms in total. The Morgan fingerprint density at radius 3 is 2.26 bits per heavy atom. The van der Waals surface area contributed by atoms with Gasteiger partial charge in [0.05, 0.1) is 12.0 Å². The molecule has 2 atom stereocenters. The summed E-state index contributed by atoms with van der Waals surface area (Å²) in [7, 11) is 1.51. The van der Waals surface area contributed by atoms with E-state index in [9.17, 15) is 14.4 Å². The van der Waals surface area contributed by atoms with Gasteiger partial charge in [0.25, 0.3) is 0 Å². The molecule has 2 unspecified atom stereocenters. The van der Waals surface area contributed by atoms with Crippen LogP contribution in [0.5, 0.6) is 0 Å². The molecule has 8 N–H and O–H groups in total. The van der Waals surface area contributed by atoms with Crippen LogP contribution in [0.4, 0.5) is 0 Å². The van der Waals surface area contributed by atoms with E-state index in [1.54, 1.807) is 0 Å². The van der Waals surface area contributed by atoms with Crippen LogP contribution in [0.25, 0.3) is 0 Å². The minimum atomic E-state index is -0.771. The second-order valence-corrected chi connectivity index (χ2v) is 4.16. The zero-order valence-corrected chi connectivity index (χ0v) is 11.1. The molecule has 110 valence electrons. The number of ketones is 1. The third-order valence-electron chi connectivity index (χ3n) is 2.70. The maximum Gasteiger partial charge on any atom is 0.224 e. The lowest BCUT2D eigenvalue weighted by Gasteiger charge is -2.16. The molecule has 0 aromatic rings. The van der Waals surface area contributed by atoms with Gasteiger partial charge in [0.15, 0.2) is 5.78 Å². The van der Waals surface area contributed by atoms with Crippen molar-refractivity contribution in [3.8, 4) is 0 Å². The summed E-state index contributed by atoms with van der Waals surface area (Å²) >= 11 is 0. The van der Waals surface area contributed by atoms with Crippen LogP contribution in [0.3, 0.4) is 0 Å². The van der Waals surface area contributed by atoms with Gasteiger partial charge in [-0.2, -0.15) is 0 Å². The number of hydrogen-bond acceptors (Lipinski definition) is 6. The summed E-state index contributed by atoms with van der Waals surface area (Å²) in [5.41, 5.74) is 16.2. The van der Waals surface area contributed by atoms with E-state index in [1.807, 2.05) is 0 Å². The van der Waals surface area contributed by atoms with Gasteiger partial charge in [0, 0.05) is 39.5 Å². The van der Waals surface area contributed by atoms with Gasteiger partial charge in [-0.15, -0.1) is 0 Å². The van der Waals surface area contributed by atoms with E-state index in [4.69, 9.17) is 17.2 Å². The van der Waals surface area contributed by atoms with E-state index < -0.39 is 12.0 Å². The van der Waals surface area contributed by atoms with Gasteiger partial charge in [-0.05, 0) is 0 Å². The van der Waals surface area contributed by atoms with Crippen molar-refractivity contribution in [2.24, 2.45) is 23.1 Å². The van der Waals surface area contributed by atoms with Gasteiger partial charge in [0.1, 0.15) is 0 Å². The van der Waals surface area contributed by atoms with Crippen molar-refractivity contribution >= 4 is 17.6 Å². The fourth-order valence-electron chi connectivity index (χ4n) is 1.38. The maximum atomic E-state index is 11.7. The summed E-state index contributed by atoms with van der Waals surface area (Å²) in [6, 6.07) is -0.771. The standard InChI is InChI=1S/C11H23N5O3/c1-15-10(18)2-3-16-11(19)7(5-12)4-9(17)8(14)6-13/h7-8H,2-6,12-14H2,1H3,(H,15,18)(H,16,19). The number of Topliss-reactive ketones (excluding diaryl/α,β-unsaturated/α-hetero) is 1. The average molecular weight is 273 g/mol. The molecule has 0 aliphatic heterocycles. The number of nitrogens with one attached hydrogen (secondary N) is 2. The van der Waals surface area contributed by atoms with Gasteiger partial charge in [-0.3, -0.25) is 14.4 Å². The molecule has 0 aromatic heterocycles. The topological polar surface area (TPSA) is 153 Å². The fourth-order valence-corrected chi connectivity index (χ4v) is 1.38. The zero-order chi connectivity index (χ0) is 14.8. The molecule has 0 fully saturated rings. The van der Waals surface area contributed by atoms with Crippen molar-refractivity contribution in [1.82, 2.24) is 10.6 Å². The van der Waals surface area contributed by atoms with Gasteiger partial charge < -0.3 is 27.8 Å². The summed E-state index contributed by atoms with van der Waals surface area (Å²) in [6.45, 7) is 0.273. The average Bonchev–Trinajstić information content (AvgIpc) is 2.42. The summed E-state index contributed by atoms with van der Waals surface area (Å²) < 4.78 is 0. The van der Waals surface area contributed by atoms with E-state index in [2.05, 4.69) is 10.6 Å². The molecular weight excluding hydrogens is 250 g/mol. The number of amides is 2. The maximum absolute atomic E-state index is 11.7. The third kappa shape index (κ3) is 6.85. The van der Waals surface area contributed by atoms with Crippen molar-refractivity contribution in [3.63, 3.8) is 0 Å². The van der Waals surface area contributed by atoms with Crippen molar-refractivity contribution in [2.75, 3.05) is 26.7 Å². The van der Waals surface area contributed by atoms with Crippen molar-refractivity contribution in [2.45, 2.75) is 18.9 Å². The Balaban J connectivity index is 4.18. The third-order valence-corrected chi connectivity index (χ3v) is 2.70. The molecule has 19 heavy (non-hydrogen) atoms. The molecule has 0 saturated heterocycles. The highest BCUT2D eigenvalue weighted by molar-refractivity contribution is 5.90. The molecule has 2 amide bonds. The number of carbonyl (C=O) groups is 3. The lowest BCUT2D eigenvalue weighted by molar-refractivity contribution is -0.129. The number of nitrogens with two attached hydrogens (primary N) is 3. The molecule has 0 heterocycles. The van der Waals surface area contributed by atoms with Crippen molar-refractivity contribution in [3.05, 3.63) is 0 Å². The zero-order valence-electron chi connectivity index (χ0n) is 11.1. The lowest BCUT2D eigenvalue weighted by Crippen LogP contribution is -2.43. The monoisotopic (exact) mass is 273 g/mol. The summed E-state index contributed by atoms with van der Waals surface area (Å²) in [5, 5.41) is 4.99. The SMILES string of the molecule is CNC(=O)CCNC(=O)C(CN)CC(=O)C(N)CN. The van der Waals surface area contributed by atoms with Gasteiger partial charge in [0.2, 0.25) is 11.8 Å². The van der Waals surface area contributed by atoms with E-state index in [1.165, 1.54) is 7.05 Å². The van der Waals surface area contributed by atoms with E-state index >= 15 is 0 Å². The molecule has 0 aromatic carbocycles. The molecule has 0 rings (SSSR count). The quantitative estimate of drug-likeness (QED) is 0.303. The Kier molecular flexibility index (Phi) is 8.68. The smallest absolute Gasteiger partial charge is 0.224 e. The predicted molar refractivity (Wildman–Crippen MR) is 70.9 cm³/mol. The van der Waals surface area contributed by atoms with Gasteiger partial charge in [-0.25, -0.2) is 0 Å². The van der Waals surface area contributed by atoms with Gasteiger partial charge in [-0.1, -0.05) is 0 Å². The van der Waals surface area contributed by atoms with Crippen LogP contribution in [0.1, 0.15) is 12.8 Å². The first-order chi connectivity index (χ1) is 8.96. The Hall–Kier alpha value is -1.51. The number of hydrogen-bond donors (Lipinski definition) is 5. The minimum absolute atomic E-state index is 0.0361. The Morgan fingerprint density at radius 2 is 1.79 bits per heavy atom. The first-order valence-corrected chi connectivity index (χ1v) is 6.12. The lowest BCUT2D eigenvalue weighted by atomic mass is 9.98. The predicted octanol–water partition coefficient (Wildman–Crippen LogP) is -2.94. The Labute approximate surface area is 112 Å². The number of carbonyl (C=O) groups excluding carboxylic acids is 3. The molecule has 0 bridgehead atoms. The second kappa shape index (κ2) is 9.42. The Bertz CT molecular complexity index is 321. The van der Waals surface area contributed by atoms with Crippen molar-refractivity contribution < 1.29 is 14.4 Å². The molecular formula is C11H23N5O3. The summed E-state index contributed by atoms with van der Waals surface area (Å²) in [6.07, 6.45) is 0.135. The largest absolute Gasteiger partial charge is 0.359 e. The van der Waals surface area contributed by atoms with Crippen LogP contribution in [0.15, 0.2) is 0 Å². The van der Waals surface area contributed by atoms with Crippen LogP contribution in [-0.2, 0) is 14.4 Å². The minimum Gasteiger partial charge on any atom is -0.359 e. The highest BCUT2D eigenvalue weighted by Gasteiger charge is 2.23. The van der Waals surface area contributed by atoms with Crippen molar-refractivity contribution in [1.29, 1.82) is 0 Å². The van der Waals surface area contributed by atoms with Crippen LogP contribution < -0.4 is 27.8 Å². The number of rotatable bonds is 9. The fraction of sp³-hybridized carbons (Fsp3) is 0.727. The van der Waals surface area contributed by atoms with Crippen LogP contribution in [-0.4, -0.2) is 50.3 Å². The molecule has 0 saturated carbocycles. The molecule has 8 heteroatoms. The second-order valence-electron chi connectivity index (χ2n) is 4.16. The summed E-state index contributed by atoms with van der Waals surface area (Å²) in [5.74, 6) is -1.47. The highest BCUT2D eigenvalue weighted by atomic mass is 16.2. The first-order valence-electron chi connectivity index (χ1n) is 6.12. The van der Waals surface area contributed by atoms with Gasteiger partial charge >= 0.3 is 0 Å². The molecule has 0 radical (unpaired) electrons. The van der Waals surface area contributed by atoms with Crippen LogP contribution >= 0.6 is 0 Å². The van der Waals surface area contributed by atoms with E-state index in [0.29, 0.717) is 0 Å². The molecule has 0 aliphatic carbocycles. The van der Waals surface area contributed by atoms with Crippen LogP contribution in [0.2, 0.25) is 0 Å². The summed E-state index contributed by atoms with van der Waals surface area (Å²) in [4.78, 5) is 34.3. The molecule has 0 spiro atoms. The van der Waals surface area contributed by atoms with E-state index in [-0.39, 0.29) is 50.1 Å². The highest BCUT2D eigenvalue weighted by Crippen LogP contribution is 2.04. The van der Waals surface area contributed by atoms with Crippen LogP contribution in [0, 0.1) is 5.92 Å². The van der Waals surface area contributed by atoms with E-state index in [0.717, 1.165) is 0 Å². The Morgan fingerprint density at radius 1 is 1.16 bits per heavy atom. The molecule has 0 aliphatic rings. The first kappa shape index (κ1) is 17.5.